The van der Waals surface area contributed by atoms with Crippen molar-refractivity contribution >= 4 is 5.97 Å². The number of hydrogen-bond acceptors (Lipinski definition) is 4. The molecule has 1 rings (SSSR count). The van der Waals surface area contributed by atoms with E-state index in [1.807, 2.05) is 6.92 Å². The van der Waals surface area contributed by atoms with Gasteiger partial charge in [-0.25, -0.2) is 0 Å². The van der Waals surface area contributed by atoms with E-state index in [-0.39, 0.29) is 0 Å². The normalized spacial score (nSPS) is 28.0. The molecule has 0 spiro atoms. The summed E-state index contributed by atoms with van der Waals surface area (Å²) in [6.45, 7) is 6.96. The summed E-state index contributed by atoms with van der Waals surface area (Å²) < 4.78 is 5.48. The summed E-state index contributed by atoms with van der Waals surface area (Å²) in [4.78, 5) is 13.5. The minimum absolute atomic E-state index is 0.294. The lowest BCUT2D eigenvalue weighted by molar-refractivity contribution is -0.143. The molecule has 0 radical (unpaired) electrons. The van der Waals surface area contributed by atoms with Gasteiger partial charge in [-0.3, -0.25) is 4.79 Å². The average molecular weight is 272 g/mol. The van der Waals surface area contributed by atoms with Crippen molar-refractivity contribution in [1.29, 1.82) is 0 Å². The number of methoxy groups -OCH3 is 1. The molecule has 0 aromatic carbocycles. The summed E-state index contributed by atoms with van der Waals surface area (Å²) in [7, 11) is 1.76. The summed E-state index contributed by atoms with van der Waals surface area (Å²) in [5.41, 5.74) is 4.82. The van der Waals surface area contributed by atoms with E-state index in [0.29, 0.717) is 24.9 Å². The first-order valence-electron chi connectivity index (χ1n) is 7.20. The zero-order valence-corrected chi connectivity index (χ0v) is 12.4. The zero-order valence-electron chi connectivity index (χ0n) is 12.4. The van der Waals surface area contributed by atoms with Crippen molar-refractivity contribution in [2.45, 2.75) is 51.2 Å². The number of carboxylic acid groups (broad SMARTS) is 1. The number of nitrogens with zero attached hydrogens (tertiary/aromatic N) is 1. The Morgan fingerprint density at radius 2 is 2.26 bits per heavy atom. The SMILES string of the molecule is CCC(N)(CCCN1CCC(C)C(OC)C1)C(=O)O. The Labute approximate surface area is 116 Å². The maximum Gasteiger partial charge on any atom is 0.323 e. The standard InChI is InChI=1S/C14H28N2O3/c1-4-14(15,13(17)18)7-5-8-16-9-6-11(2)12(10-16)19-3/h11-12H,4-10,15H2,1-3H3,(H,17,18). The number of ether oxygens (including phenoxy) is 1. The van der Waals surface area contributed by atoms with Crippen LogP contribution in [0.4, 0.5) is 0 Å². The molecule has 1 heterocycles. The maximum atomic E-state index is 11.1. The molecule has 1 fully saturated rings. The molecule has 1 aliphatic heterocycles. The van der Waals surface area contributed by atoms with E-state index in [2.05, 4.69) is 11.8 Å². The van der Waals surface area contributed by atoms with Crippen molar-refractivity contribution < 1.29 is 14.6 Å². The number of rotatable bonds is 7. The van der Waals surface area contributed by atoms with Gasteiger partial charge in [0.2, 0.25) is 0 Å². The number of aliphatic carboxylic acids is 1. The van der Waals surface area contributed by atoms with Crippen molar-refractivity contribution in [3.05, 3.63) is 0 Å². The van der Waals surface area contributed by atoms with Gasteiger partial charge in [-0.2, -0.15) is 0 Å². The van der Waals surface area contributed by atoms with Crippen molar-refractivity contribution in [3.63, 3.8) is 0 Å². The van der Waals surface area contributed by atoms with Gasteiger partial charge >= 0.3 is 5.97 Å². The van der Waals surface area contributed by atoms with Gasteiger partial charge in [-0.15, -0.1) is 0 Å². The predicted octanol–water partition coefficient (Wildman–Crippen LogP) is 1.32. The van der Waals surface area contributed by atoms with Crippen molar-refractivity contribution in [2.24, 2.45) is 11.7 Å². The number of carbonyl (C=O) groups is 1. The van der Waals surface area contributed by atoms with E-state index in [1.54, 1.807) is 7.11 Å². The van der Waals surface area contributed by atoms with Crippen LogP contribution in [0.3, 0.4) is 0 Å². The topological polar surface area (TPSA) is 75.8 Å². The Kier molecular flexibility index (Phi) is 6.23. The molecule has 112 valence electrons. The molecule has 0 amide bonds. The average Bonchev–Trinajstić information content (AvgIpc) is 2.40. The third kappa shape index (κ3) is 4.44. The number of carboxylic acids is 1. The molecule has 0 saturated carbocycles. The molecule has 1 saturated heterocycles. The van der Waals surface area contributed by atoms with Crippen LogP contribution in [-0.2, 0) is 9.53 Å². The fourth-order valence-electron chi connectivity index (χ4n) is 2.66. The van der Waals surface area contributed by atoms with Crippen LogP contribution in [0.2, 0.25) is 0 Å². The minimum atomic E-state index is -1.07. The minimum Gasteiger partial charge on any atom is -0.480 e. The Morgan fingerprint density at radius 3 is 2.79 bits per heavy atom. The van der Waals surface area contributed by atoms with Gasteiger partial charge in [-0.05, 0) is 44.7 Å². The summed E-state index contributed by atoms with van der Waals surface area (Å²) in [5, 5.41) is 9.13. The Hall–Kier alpha value is -0.650. The molecule has 0 aliphatic carbocycles. The molecule has 5 heteroatoms. The highest BCUT2D eigenvalue weighted by Gasteiger charge is 2.32. The van der Waals surface area contributed by atoms with Gasteiger partial charge in [-0.1, -0.05) is 13.8 Å². The smallest absolute Gasteiger partial charge is 0.323 e. The van der Waals surface area contributed by atoms with Crippen LogP contribution in [0, 0.1) is 5.92 Å². The van der Waals surface area contributed by atoms with E-state index >= 15 is 0 Å². The highest BCUT2D eigenvalue weighted by molar-refractivity contribution is 5.78. The molecule has 5 nitrogen and oxygen atoms in total. The summed E-state index contributed by atoms with van der Waals surface area (Å²) >= 11 is 0. The second kappa shape index (κ2) is 7.22. The molecule has 0 aromatic rings. The van der Waals surface area contributed by atoms with E-state index in [9.17, 15) is 4.79 Å². The molecule has 0 bridgehead atoms. The lowest BCUT2D eigenvalue weighted by Crippen LogP contribution is -2.48. The lowest BCUT2D eigenvalue weighted by Gasteiger charge is -2.36. The predicted molar refractivity (Wildman–Crippen MR) is 75.1 cm³/mol. The summed E-state index contributed by atoms with van der Waals surface area (Å²) in [5.74, 6) is -0.290. The van der Waals surface area contributed by atoms with Crippen LogP contribution in [-0.4, -0.2) is 54.4 Å². The quantitative estimate of drug-likeness (QED) is 0.731. The van der Waals surface area contributed by atoms with Crippen molar-refractivity contribution in [2.75, 3.05) is 26.7 Å². The van der Waals surface area contributed by atoms with Gasteiger partial charge in [0.15, 0.2) is 0 Å². The van der Waals surface area contributed by atoms with Crippen LogP contribution in [0.15, 0.2) is 0 Å². The maximum absolute atomic E-state index is 11.1. The molecule has 3 unspecified atom stereocenters. The van der Waals surface area contributed by atoms with Gasteiger partial charge in [0.1, 0.15) is 5.54 Å². The van der Waals surface area contributed by atoms with Gasteiger partial charge in [0, 0.05) is 13.7 Å². The molecular weight excluding hydrogens is 244 g/mol. The Morgan fingerprint density at radius 1 is 1.58 bits per heavy atom. The van der Waals surface area contributed by atoms with E-state index < -0.39 is 11.5 Å². The Balaban J connectivity index is 2.35. The fraction of sp³-hybridized carbons (Fsp3) is 0.929. The molecule has 19 heavy (non-hydrogen) atoms. The van der Waals surface area contributed by atoms with Crippen LogP contribution < -0.4 is 5.73 Å². The first kappa shape index (κ1) is 16.4. The summed E-state index contributed by atoms with van der Waals surface area (Å²) in [6, 6.07) is 0. The second-order valence-electron chi connectivity index (χ2n) is 5.76. The number of piperidine rings is 1. The highest BCUT2D eigenvalue weighted by atomic mass is 16.5. The van der Waals surface area contributed by atoms with Crippen LogP contribution >= 0.6 is 0 Å². The second-order valence-corrected chi connectivity index (χ2v) is 5.76. The van der Waals surface area contributed by atoms with E-state index in [1.165, 1.54) is 0 Å². The third-order valence-electron chi connectivity index (χ3n) is 4.43. The first-order chi connectivity index (χ1) is 8.92. The van der Waals surface area contributed by atoms with Crippen LogP contribution in [0.5, 0.6) is 0 Å². The third-order valence-corrected chi connectivity index (χ3v) is 4.43. The fourth-order valence-corrected chi connectivity index (χ4v) is 2.66. The van der Waals surface area contributed by atoms with Crippen molar-refractivity contribution in [1.82, 2.24) is 4.90 Å². The largest absolute Gasteiger partial charge is 0.480 e. The van der Waals surface area contributed by atoms with Gasteiger partial charge in [0.05, 0.1) is 6.10 Å². The van der Waals surface area contributed by atoms with Gasteiger partial charge < -0.3 is 20.5 Å². The summed E-state index contributed by atoms with van der Waals surface area (Å²) in [6.07, 6.45) is 3.25. The molecule has 0 aromatic heterocycles. The van der Waals surface area contributed by atoms with E-state index in [0.717, 1.165) is 32.5 Å². The van der Waals surface area contributed by atoms with Gasteiger partial charge in [0.25, 0.3) is 0 Å². The highest BCUT2D eigenvalue weighted by Crippen LogP contribution is 2.21. The van der Waals surface area contributed by atoms with E-state index in [4.69, 9.17) is 15.6 Å². The molecule has 3 atom stereocenters. The zero-order chi connectivity index (χ0) is 14.5. The van der Waals surface area contributed by atoms with Crippen molar-refractivity contribution in [3.8, 4) is 0 Å². The first-order valence-corrected chi connectivity index (χ1v) is 7.20. The molecule has 3 N–H and O–H groups in total. The lowest BCUT2D eigenvalue weighted by atomic mass is 9.91. The number of likely N-dealkylation sites (tertiary alicyclic amines) is 1. The number of nitrogens with two attached hydrogens (primary N) is 1. The monoisotopic (exact) mass is 272 g/mol. The van der Waals surface area contributed by atoms with Crippen LogP contribution in [0.1, 0.15) is 39.5 Å². The molecular formula is C14H28N2O3. The molecule has 1 aliphatic rings. The number of hydrogen-bond donors (Lipinski definition) is 2. The van der Waals surface area contributed by atoms with Crippen LogP contribution in [0.25, 0.3) is 0 Å². The Bertz CT molecular complexity index is 298.